The van der Waals surface area contributed by atoms with E-state index in [1.165, 1.54) is 0 Å². The van der Waals surface area contributed by atoms with E-state index in [9.17, 15) is 0 Å². The Morgan fingerprint density at radius 1 is 1.21 bits per heavy atom. The van der Waals surface area contributed by atoms with Gasteiger partial charge in [0.25, 0.3) is 0 Å². The molecule has 0 bridgehead atoms. The van der Waals surface area contributed by atoms with Gasteiger partial charge in [-0.25, -0.2) is 4.98 Å². The van der Waals surface area contributed by atoms with Crippen molar-refractivity contribution in [3.8, 4) is 11.4 Å². The predicted molar refractivity (Wildman–Crippen MR) is 77.0 cm³/mol. The average Bonchev–Trinajstić information content (AvgIpc) is 2.74. The van der Waals surface area contributed by atoms with E-state index in [1.807, 2.05) is 41.0 Å². The van der Waals surface area contributed by atoms with Crippen LogP contribution >= 0.6 is 11.6 Å². The molecule has 3 rings (SSSR count). The molecule has 0 saturated heterocycles. The molecule has 1 aromatic heterocycles. The number of anilines is 1. The van der Waals surface area contributed by atoms with Crippen LogP contribution in [0.5, 0.6) is 5.75 Å². The third-order valence-electron chi connectivity index (χ3n) is 2.97. The van der Waals surface area contributed by atoms with Crippen LogP contribution in [0, 0.1) is 0 Å². The molecule has 0 aliphatic heterocycles. The number of nitrogen functional groups attached to an aromatic ring is 1. The van der Waals surface area contributed by atoms with Crippen LogP contribution in [-0.2, 0) is 0 Å². The van der Waals surface area contributed by atoms with Crippen molar-refractivity contribution in [1.82, 2.24) is 9.55 Å². The number of fused-ring (bicyclic) bond motifs is 1. The minimum atomic E-state index is 0.404. The topological polar surface area (TPSA) is 53.1 Å². The van der Waals surface area contributed by atoms with Crippen LogP contribution < -0.4 is 10.5 Å². The molecule has 0 unspecified atom stereocenters. The minimum absolute atomic E-state index is 0.404. The molecule has 1 heterocycles. The highest BCUT2D eigenvalue weighted by Crippen LogP contribution is 2.31. The van der Waals surface area contributed by atoms with Crippen LogP contribution in [0.1, 0.15) is 0 Å². The predicted octanol–water partition coefficient (Wildman–Crippen LogP) is 3.27. The van der Waals surface area contributed by atoms with Crippen molar-refractivity contribution in [3.05, 3.63) is 47.5 Å². The van der Waals surface area contributed by atoms with Gasteiger partial charge in [0.15, 0.2) is 0 Å². The number of hydrogen-bond donors (Lipinski definition) is 1. The maximum Gasteiger partial charge on any atom is 0.206 e. The smallest absolute Gasteiger partial charge is 0.206 e. The van der Waals surface area contributed by atoms with Crippen LogP contribution in [-0.4, -0.2) is 16.7 Å². The highest BCUT2D eigenvalue weighted by molar-refractivity contribution is 6.30. The Hall–Kier alpha value is -2.20. The zero-order chi connectivity index (χ0) is 13.4. The molecular weight excluding hydrogens is 262 g/mol. The quantitative estimate of drug-likeness (QED) is 0.780. The molecule has 2 aromatic carbocycles. The van der Waals surface area contributed by atoms with Gasteiger partial charge in [-0.3, -0.25) is 4.57 Å². The number of hydrogen-bond acceptors (Lipinski definition) is 3. The summed E-state index contributed by atoms with van der Waals surface area (Å²) in [7, 11) is 1.61. The fourth-order valence-corrected chi connectivity index (χ4v) is 2.30. The van der Waals surface area contributed by atoms with E-state index in [4.69, 9.17) is 22.1 Å². The van der Waals surface area contributed by atoms with E-state index in [1.54, 1.807) is 13.2 Å². The van der Waals surface area contributed by atoms with E-state index in [0.717, 1.165) is 16.7 Å². The molecule has 2 N–H and O–H groups in total. The van der Waals surface area contributed by atoms with Crippen molar-refractivity contribution in [1.29, 1.82) is 0 Å². The molecule has 0 amide bonds. The third-order valence-corrected chi connectivity index (χ3v) is 3.20. The number of nitrogens with two attached hydrogens (primary N) is 1. The summed E-state index contributed by atoms with van der Waals surface area (Å²) in [6.45, 7) is 0. The normalized spacial score (nSPS) is 10.8. The Bertz CT molecular complexity index is 752. The first-order valence-corrected chi connectivity index (χ1v) is 6.15. The van der Waals surface area contributed by atoms with Gasteiger partial charge in [0.2, 0.25) is 5.95 Å². The zero-order valence-corrected chi connectivity index (χ0v) is 11.1. The van der Waals surface area contributed by atoms with Gasteiger partial charge < -0.3 is 10.5 Å². The number of halogens is 1. The lowest BCUT2D eigenvalue weighted by Gasteiger charge is -2.11. The fourth-order valence-electron chi connectivity index (χ4n) is 2.14. The highest BCUT2D eigenvalue weighted by Gasteiger charge is 2.13. The molecule has 3 aromatic rings. The lowest BCUT2D eigenvalue weighted by molar-refractivity contribution is 0.413. The molecule has 0 fully saturated rings. The van der Waals surface area contributed by atoms with Gasteiger partial charge in [0.05, 0.1) is 23.8 Å². The summed E-state index contributed by atoms with van der Waals surface area (Å²) in [6.07, 6.45) is 0. The summed E-state index contributed by atoms with van der Waals surface area (Å²) in [5.41, 5.74) is 8.54. The van der Waals surface area contributed by atoms with Gasteiger partial charge >= 0.3 is 0 Å². The Balaban J connectivity index is 2.35. The molecule has 0 atom stereocenters. The summed E-state index contributed by atoms with van der Waals surface area (Å²) in [5, 5.41) is 0.619. The molecular formula is C14H12ClN3O. The number of methoxy groups -OCH3 is 1. The van der Waals surface area contributed by atoms with Gasteiger partial charge in [0, 0.05) is 5.02 Å². The lowest BCUT2D eigenvalue weighted by atomic mass is 10.2. The summed E-state index contributed by atoms with van der Waals surface area (Å²) >= 11 is 6.06. The number of nitrogens with zero attached hydrogens (tertiary/aromatic N) is 2. The number of benzene rings is 2. The maximum absolute atomic E-state index is 6.06. The average molecular weight is 274 g/mol. The number of para-hydroxylation sites is 2. The van der Waals surface area contributed by atoms with Crippen molar-refractivity contribution in [2.75, 3.05) is 12.8 Å². The molecule has 0 aliphatic rings. The first-order valence-electron chi connectivity index (χ1n) is 5.77. The standard InChI is InChI=1S/C14H12ClN3O/c1-19-13-7-6-9(15)8-12(13)18-11-5-3-2-4-10(11)17-14(18)16/h2-8H,1H3,(H2,16,17). The van der Waals surface area contributed by atoms with Crippen LogP contribution in [0.3, 0.4) is 0 Å². The summed E-state index contributed by atoms with van der Waals surface area (Å²) in [6, 6.07) is 13.1. The third kappa shape index (κ3) is 1.90. The van der Waals surface area contributed by atoms with Gasteiger partial charge in [-0.1, -0.05) is 23.7 Å². The number of rotatable bonds is 2. The second-order valence-electron chi connectivity index (χ2n) is 4.11. The van der Waals surface area contributed by atoms with Crippen molar-refractivity contribution in [2.24, 2.45) is 0 Å². The SMILES string of the molecule is COc1ccc(Cl)cc1-n1c(N)nc2ccccc21. The first-order chi connectivity index (χ1) is 9.20. The molecule has 5 heteroatoms. The fraction of sp³-hybridized carbons (Fsp3) is 0.0714. The van der Waals surface area contributed by atoms with E-state index < -0.39 is 0 Å². The Labute approximate surface area is 115 Å². The summed E-state index contributed by atoms with van der Waals surface area (Å²) in [4.78, 5) is 4.34. The van der Waals surface area contributed by atoms with Gasteiger partial charge in [-0.05, 0) is 30.3 Å². The van der Waals surface area contributed by atoms with Crippen LogP contribution in [0.4, 0.5) is 5.95 Å². The van der Waals surface area contributed by atoms with Crippen molar-refractivity contribution >= 4 is 28.6 Å². The first kappa shape index (κ1) is 11.9. The molecule has 4 nitrogen and oxygen atoms in total. The van der Waals surface area contributed by atoms with E-state index in [-0.39, 0.29) is 0 Å². The number of ether oxygens (including phenoxy) is 1. The van der Waals surface area contributed by atoms with E-state index in [2.05, 4.69) is 4.98 Å². The van der Waals surface area contributed by atoms with E-state index in [0.29, 0.717) is 16.7 Å². The van der Waals surface area contributed by atoms with E-state index >= 15 is 0 Å². The van der Waals surface area contributed by atoms with Crippen LogP contribution in [0.25, 0.3) is 16.7 Å². The van der Waals surface area contributed by atoms with Crippen LogP contribution in [0.2, 0.25) is 5.02 Å². The van der Waals surface area contributed by atoms with Gasteiger partial charge in [-0.15, -0.1) is 0 Å². The van der Waals surface area contributed by atoms with Gasteiger partial charge in [-0.2, -0.15) is 0 Å². The summed E-state index contributed by atoms with van der Waals surface area (Å²) < 4.78 is 7.20. The molecule has 0 saturated carbocycles. The second kappa shape index (κ2) is 4.48. The molecule has 96 valence electrons. The maximum atomic E-state index is 6.06. The Morgan fingerprint density at radius 2 is 2.00 bits per heavy atom. The largest absolute Gasteiger partial charge is 0.495 e. The van der Waals surface area contributed by atoms with Crippen molar-refractivity contribution in [2.45, 2.75) is 0 Å². The molecule has 19 heavy (non-hydrogen) atoms. The molecule has 0 radical (unpaired) electrons. The molecule has 0 aliphatic carbocycles. The molecule has 0 spiro atoms. The number of aromatic nitrogens is 2. The Morgan fingerprint density at radius 3 is 2.79 bits per heavy atom. The zero-order valence-electron chi connectivity index (χ0n) is 10.3. The van der Waals surface area contributed by atoms with Gasteiger partial charge in [0.1, 0.15) is 5.75 Å². The summed E-state index contributed by atoms with van der Waals surface area (Å²) in [5.74, 6) is 1.10. The lowest BCUT2D eigenvalue weighted by Crippen LogP contribution is -2.02. The van der Waals surface area contributed by atoms with Crippen LogP contribution in [0.15, 0.2) is 42.5 Å². The Kier molecular flexibility index (Phi) is 2.80. The second-order valence-corrected chi connectivity index (χ2v) is 4.55. The monoisotopic (exact) mass is 273 g/mol. The van der Waals surface area contributed by atoms with Crippen molar-refractivity contribution < 1.29 is 4.74 Å². The highest BCUT2D eigenvalue weighted by atomic mass is 35.5. The van der Waals surface area contributed by atoms with Crippen molar-refractivity contribution in [3.63, 3.8) is 0 Å². The number of imidazole rings is 1. The minimum Gasteiger partial charge on any atom is -0.495 e.